The number of hydrogen-bond donors (Lipinski definition) is 0. The molecule has 0 unspecified atom stereocenters. The maximum Gasteiger partial charge on any atom is 0.312 e. The smallest absolute Gasteiger partial charge is 0.312 e. The first-order valence-corrected chi connectivity index (χ1v) is 11.2. The molecule has 0 amide bonds. The van der Waals surface area contributed by atoms with Gasteiger partial charge in [-0.15, -0.1) is 0 Å². The highest BCUT2D eigenvalue weighted by atomic mass is 32.2. The second-order valence-corrected chi connectivity index (χ2v) is 9.12. The molecule has 8 nitrogen and oxygen atoms in total. The number of nitro benzene ring substituents is 1. The molecule has 0 fully saturated rings. The summed E-state index contributed by atoms with van der Waals surface area (Å²) < 4.78 is 49.4. The van der Waals surface area contributed by atoms with Gasteiger partial charge in [0.05, 0.1) is 22.7 Å². The van der Waals surface area contributed by atoms with E-state index in [1.807, 2.05) is 0 Å². The molecule has 10 heteroatoms. The number of carbonyl (C=O) groups excluding carboxylic acids is 1. The van der Waals surface area contributed by atoms with E-state index in [1.54, 1.807) is 24.3 Å². The minimum Gasteiger partial charge on any atom is -0.497 e. The van der Waals surface area contributed by atoms with Crippen LogP contribution in [0.5, 0.6) is 17.2 Å². The lowest BCUT2D eigenvalue weighted by Crippen LogP contribution is -2.24. The molecule has 0 bridgehead atoms. The minimum absolute atomic E-state index is 0.0395. The van der Waals surface area contributed by atoms with E-state index in [0.717, 1.165) is 18.2 Å². The van der Waals surface area contributed by atoms with E-state index < -0.39 is 32.1 Å². The molecule has 33 heavy (non-hydrogen) atoms. The molecule has 0 spiro atoms. The van der Waals surface area contributed by atoms with Gasteiger partial charge in [-0.3, -0.25) is 14.9 Å². The van der Waals surface area contributed by atoms with Crippen LogP contribution < -0.4 is 9.47 Å². The molecule has 1 aliphatic heterocycles. The van der Waals surface area contributed by atoms with Gasteiger partial charge in [0.2, 0.25) is 5.75 Å². The van der Waals surface area contributed by atoms with E-state index >= 15 is 0 Å². The molecule has 0 N–H and O–H groups in total. The SMILES string of the molecule is COc1ccc(Oc2ccc(/C=C3\CS(=O)(=O)c4ccc(F)cc4C3=O)cc2[N+](=O)[O-])cc1. The third-order valence-electron chi connectivity index (χ3n) is 4.97. The second kappa shape index (κ2) is 8.47. The molecule has 168 valence electrons. The Hall–Kier alpha value is -4.05. The van der Waals surface area contributed by atoms with Crippen molar-refractivity contribution < 1.29 is 32.0 Å². The maximum atomic E-state index is 13.6. The van der Waals surface area contributed by atoms with Gasteiger partial charge in [0.15, 0.2) is 15.6 Å². The van der Waals surface area contributed by atoms with Crippen molar-refractivity contribution in [2.75, 3.05) is 12.9 Å². The Morgan fingerprint density at radius 3 is 2.39 bits per heavy atom. The summed E-state index contributed by atoms with van der Waals surface area (Å²) in [5.74, 6) is -1.09. The highest BCUT2D eigenvalue weighted by Crippen LogP contribution is 2.35. The van der Waals surface area contributed by atoms with E-state index in [0.29, 0.717) is 11.5 Å². The fourth-order valence-electron chi connectivity index (χ4n) is 3.40. The monoisotopic (exact) mass is 469 g/mol. The Morgan fingerprint density at radius 2 is 1.73 bits per heavy atom. The molecule has 1 aliphatic rings. The number of ketones is 1. The predicted octanol–water partition coefficient (Wildman–Crippen LogP) is 4.59. The molecular weight excluding hydrogens is 453 g/mol. The van der Waals surface area contributed by atoms with Gasteiger partial charge < -0.3 is 9.47 Å². The van der Waals surface area contributed by atoms with Crippen LogP contribution in [0.15, 0.2) is 71.1 Å². The van der Waals surface area contributed by atoms with Crippen LogP contribution in [0.25, 0.3) is 6.08 Å². The summed E-state index contributed by atoms with van der Waals surface area (Å²) in [5.41, 5.74) is -0.535. The summed E-state index contributed by atoms with van der Waals surface area (Å²) >= 11 is 0. The average molecular weight is 469 g/mol. The summed E-state index contributed by atoms with van der Waals surface area (Å²) in [6, 6.07) is 13.3. The molecule has 0 saturated heterocycles. The van der Waals surface area contributed by atoms with Crippen LogP contribution in [-0.2, 0) is 9.84 Å². The van der Waals surface area contributed by atoms with Gasteiger partial charge in [-0.25, -0.2) is 12.8 Å². The Balaban J connectivity index is 1.70. The van der Waals surface area contributed by atoms with Crippen LogP contribution in [0.3, 0.4) is 0 Å². The zero-order valence-corrected chi connectivity index (χ0v) is 18.0. The number of hydrogen-bond acceptors (Lipinski definition) is 7. The van der Waals surface area contributed by atoms with Crippen LogP contribution in [0.2, 0.25) is 0 Å². The first kappa shape index (κ1) is 22.2. The molecule has 4 rings (SSSR count). The Kier molecular flexibility index (Phi) is 5.69. The number of nitrogens with zero attached hydrogens (tertiary/aromatic N) is 1. The molecule has 1 heterocycles. The number of ether oxygens (including phenoxy) is 2. The number of benzene rings is 3. The van der Waals surface area contributed by atoms with Gasteiger partial charge in [-0.1, -0.05) is 6.07 Å². The van der Waals surface area contributed by atoms with E-state index in [4.69, 9.17) is 9.47 Å². The second-order valence-electron chi connectivity index (χ2n) is 7.16. The van der Waals surface area contributed by atoms with Gasteiger partial charge in [0.25, 0.3) is 0 Å². The first-order chi connectivity index (χ1) is 15.7. The van der Waals surface area contributed by atoms with Crippen molar-refractivity contribution >= 4 is 27.4 Å². The zero-order valence-electron chi connectivity index (χ0n) is 17.1. The van der Waals surface area contributed by atoms with Crippen molar-refractivity contribution in [3.8, 4) is 17.2 Å². The first-order valence-electron chi connectivity index (χ1n) is 9.56. The fraction of sp³-hybridized carbons (Fsp3) is 0.0870. The largest absolute Gasteiger partial charge is 0.497 e. The van der Waals surface area contributed by atoms with Gasteiger partial charge in [0, 0.05) is 17.2 Å². The Labute approximate surface area is 188 Å². The van der Waals surface area contributed by atoms with E-state index in [2.05, 4.69) is 0 Å². The van der Waals surface area contributed by atoms with Crippen molar-refractivity contribution in [3.05, 3.63) is 93.3 Å². The third kappa shape index (κ3) is 4.46. The molecule has 0 atom stereocenters. The van der Waals surface area contributed by atoms with Gasteiger partial charge in [0.1, 0.15) is 17.3 Å². The Bertz CT molecular complexity index is 1410. The normalized spacial score (nSPS) is 15.7. The van der Waals surface area contributed by atoms with Crippen LogP contribution in [-0.4, -0.2) is 32.0 Å². The number of sulfone groups is 1. The van der Waals surface area contributed by atoms with E-state index in [9.17, 15) is 27.7 Å². The highest BCUT2D eigenvalue weighted by Gasteiger charge is 2.33. The van der Waals surface area contributed by atoms with Gasteiger partial charge >= 0.3 is 5.69 Å². The number of rotatable bonds is 5. The lowest BCUT2D eigenvalue weighted by Gasteiger charge is -2.18. The molecule has 0 aliphatic carbocycles. The van der Waals surface area contributed by atoms with Crippen molar-refractivity contribution in [1.82, 2.24) is 0 Å². The standard InChI is InChI=1S/C23H16FNO7S/c1-31-17-4-6-18(7-5-17)32-21-8-2-14(11-20(21)25(27)28)10-15-13-33(29,30)22-9-3-16(24)12-19(22)23(15)26/h2-12H,13H2,1H3/b15-10+. The molecule has 0 aromatic heterocycles. The molecule has 3 aromatic rings. The van der Waals surface area contributed by atoms with Gasteiger partial charge in [-0.05, 0) is 60.2 Å². The topological polar surface area (TPSA) is 113 Å². The quantitative estimate of drug-likeness (QED) is 0.232. The highest BCUT2D eigenvalue weighted by molar-refractivity contribution is 7.91. The number of halogens is 1. The number of Topliss-reactive ketones (excluding diaryl/α,β-unsaturated/α-hetero) is 1. The number of methoxy groups -OCH3 is 1. The van der Waals surface area contributed by atoms with Crippen molar-refractivity contribution in [3.63, 3.8) is 0 Å². The van der Waals surface area contributed by atoms with Crippen LogP contribution >= 0.6 is 0 Å². The summed E-state index contributed by atoms with van der Waals surface area (Å²) in [4.78, 5) is 23.5. The summed E-state index contributed by atoms with van der Waals surface area (Å²) in [6.45, 7) is 0. The molecule has 3 aromatic carbocycles. The molecule has 0 saturated carbocycles. The molecular formula is C23H16FNO7S. The zero-order chi connectivity index (χ0) is 23.8. The Morgan fingerprint density at radius 1 is 1.03 bits per heavy atom. The van der Waals surface area contributed by atoms with E-state index in [-0.39, 0.29) is 33.0 Å². The number of carbonyl (C=O) groups is 1. The van der Waals surface area contributed by atoms with Gasteiger partial charge in [-0.2, -0.15) is 0 Å². The summed E-state index contributed by atoms with van der Waals surface area (Å²) in [7, 11) is -2.36. The van der Waals surface area contributed by atoms with Crippen molar-refractivity contribution in [2.45, 2.75) is 4.90 Å². The maximum absolute atomic E-state index is 13.6. The number of nitro groups is 1. The third-order valence-corrected chi connectivity index (χ3v) is 6.68. The predicted molar refractivity (Wildman–Crippen MR) is 117 cm³/mol. The minimum atomic E-state index is -3.87. The van der Waals surface area contributed by atoms with Crippen LogP contribution in [0, 0.1) is 15.9 Å². The van der Waals surface area contributed by atoms with Crippen molar-refractivity contribution in [2.24, 2.45) is 0 Å². The lowest BCUT2D eigenvalue weighted by atomic mass is 10.0. The molecule has 0 radical (unpaired) electrons. The lowest BCUT2D eigenvalue weighted by molar-refractivity contribution is -0.385. The van der Waals surface area contributed by atoms with Crippen molar-refractivity contribution in [1.29, 1.82) is 0 Å². The summed E-state index contributed by atoms with van der Waals surface area (Å²) in [6.07, 6.45) is 1.25. The number of fused-ring (bicyclic) bond motifs is 1. The van der Waals surface area contributed by atoms with Crippen LogP contribution in [0.1, 0.15) is 15.9 Å². The van der Waals surface area contributed by atoms with Crippen LogP contribution in [0.4, 0.5) is 10.1 Å². The fourth-order valence-corrected chi connectivity index (χ4v) is 4.95. The summed E-state index contributed by atoms with van der Waals surface area (Å²) in [5, 5.41) is 11.6. The average Bonchev–Trinajstić information content (AvgIpc) is 2.78. The van der Waals surface area contributed by atoms with E-state index in [1.165, 1.54) is 31.4 Å².